The molecule has 1 atom stereocenters. The molecule has 6 heteroatoms. The number of aromatic nitrogens is 2. The van der Waals surface area contributed by atoms with Crippen LogP contribution in [-0.4, -0.2) is 34.9 Å². The van der Waals surface area contributed by atoms with E-state index in [0.717, 1.165) is 22.7 Å². The van der Waals surface area contributed by atoms with Gasteiger partial charge in [0.2, 0.25) is 5.91 Å². The standard InChI is InChI=1S/C23H27N3O2S/c1-16-7-9-17(10-8-16)22(18-11-12-18)25-21(27)15-29-23-24-19-5-3-4-6-20(19)26(23)13-14-28-2/h3-10,18,22H,11-15H2,1-2H3,(H,25,27). The summed E-state index contributed by atoms with van der Waals surface area (Å²) in [6.07, 6.45) is 2.36. The molecule has 0 radical (unpaired) electrons. The van der Waals surface area contributed by atoms with E-state index in [1.165, 1.54) is 35.7 Å². The highest BCUT2D eigenvalue weighted by molar-refractivity contribution is 7.99. The van der Waals surface area contributed by atoms with Gasteiger partial charge in [-0.25, -0.2) is 4.98 Å². The summed E-state index contributed by atoms with van der Waals surface area (Å²) in [5.74, 6) is 0.960. The van der Waals surface area contributed by atoms with Crippen molar-refractivity contribution < 1.29 is 9.53 Å². The molecule has 1 aromatic heterocycles. The van der Waals surface area contributed by atoms with Gasteiger partial charge in [-0.1, -0.05) is 53.7 Å². The number of carbonyl (C=O) groups excluding carboxylic acids is 1. The molecule has 4 rings (SSSR count). The van der Waals surface area contributed by atoms with Crippen molar-refractivity contribution in [2.75, 3.05) is 19.5 Å². The first-order valence-electron chi connectivity index (χ1n) is 10.1. The molecule has 1 heterocycles. The molecule has 5 nitrogen and oxygen atoms in total. The molecule has 1 aliphatic carbocycles. The highest BCUT2D eigenvalue weighted by Crippen LogP contribution is 2.41. The van der Waals surface area contributed by atoms with Gasteiger partial charge in [-0.2, -0.15) is 0 Å². The number of ether oxygens (including phenoxy) is 1. The van der Waals surface area contributed by atoms with Gasteiger partial charge in [0.1, 0.15) is 0 Å². The number of aryl methyl sites for hydroxylation is 1. The molecule has 0 aliphatic heterocycles. The predicted molar refractivity (Wildman–Crippen MR) is 117 cm³/mol. The van der Waals surface area contributed by atoms with Crippen LogP contribution in [0.25, 0.3) is 11.0 Å². The second kappa shape index (κ2) is 9.01. The molecule has 1 amide bonds. The first-order chi connectivity index (χ1) is 14.2. The quantitative estimate of drug-likeness (QED) is 0.534. The number of hydrogen-bond acceptors (Lipinski definition) is 4. The van der Waals surface area contributed by atoms with Crippen LogP contribution >= 0.6 is 11.8 Å². The first-order valence-corrected chi connectivity index (χ1v) is 11.1. The van der Waals surface area contributed by atoms with Gasteiger partial charge < -0.3 is 14.6 Å². The Kier molecular flexibility index (Phi) is 6.21. The Morgan fingerprint density at radius 1 is 1.24 bits per heavy atom. The van der Waals surface area contributed by atoms with Crippen LogP contribution in [0.15, 0.2) is 53.7 Å². The number of rotatable bonds is 9. The number of carbonyl (C=O) groups is 1. The van der Waals surface area contributed by atoms with E-state index in [-0.39, 0.29) is 11.9 Å². The Balaban J connectivity index is 1.44. The zero-order valence-electron chi connectivity index (χ0n) is 16.9. The van der Waals surface area contributed by atoms with E-state index in [9.17, 15) is 4.79 Å². The molecule has 0 spiro atoms. The SMILES string of the molecule is COCCn1c(SCC(=O)NC(c2ccc(C)cc2)C2CC2)nc2ccccc21. The average molecular weight is 410 g/mol. The minimum atomic E-state index is 0.0535. The number of imidazole rings is 1. The lowest BCUT2D eigenvalue weighted by molar-refractivity contribution is -0.119. The topological polar surface area (TPSA) is 56.1 Å². The molecule has 1 unspecified atom stereocenters. The van der Waals surface area contributed by atoms with E-state index in [0.29, 0.717) is 18.3 Å². The number of fused-ring (bicyclic) bond motifs is 1. The number of para-hydroxylation sites is 2. The molecule has 0 saturated heterocycles. The maximum Gasteiger partial charge on any atom is 0.230 e. The van der Waals surface area contributed by atoms with Gasteiger partial charge in [-0.05, 0) is 43.4 Å². The van der Waals surface area contributed by atoms with Crippen LogP contribution in [0.3, 0.4) is 0 Å². The van der Waals surface area contributed by atoms with E-state index in [2.05, 4.69) is 47.1 Å². The van der Waals surface area contributed by atoms with Gasteiger partial charge in [0.15, 0.2) is 5.16 Å². The Hall–Kier alpha value is -2.31. The van der Waals surface area contributed by atoms with Crippen LogP contribution in [0.1, 0.15) is 30.0 Å². The van der Waals surface area contributed by atoms with Crippen molar-refractivity contribution in [3.63, 3.8) is 0 Å². The summed E-state index contributed by atoms with van der Waals surface area (Å²) >= 11 is 1.49. The molecule has 1 saturated carbocycles. The van der Waals surface area contributed by atoms with E-state index < -0.39 is 0 Å². The molecular weight excluding hydrogens is 382 g/mol. The maximum atomic E-state index is 12.7. The third-order valence-corrected chi connectivity index (χ3v) is 6.29. The maximum absolute atomic E-state index is 12.7. The number of benzene rings is 2. The molecule has 1 aliphatic rings. The van der Waals surface area contributed by atoms with Crippen LogP contribution < -0.4 is 5.32 Å². The first kappa shape index (κ1) is 20.0. The molecule has 1 fully saturated rings. The summed E-state index contributed by atoms with van der Waals surface area (Å²) in [4.78, 5) is 17.5. The Morgan fingerprint density at radius 3 is 2.72 bits per heavy atom. The number of hydrogen-bond donors (Lipinski definition) is 1. The number of nitrogens with zero attached hydrogens (tertiary/aromatic N) is 2. The molecule has 3 aromatic rings. The van der Waals surface area contributed by atoms with E-state index >= 15 is 0 Å². The molecular formula is C23H27N3O2S. The van der Waals surface area contributed by atoms with Gasteiger partial charge >= 0.3 is 0 Å². The number of thioether (sulfide) groups is 1. The zero-order chi connectivity index (χ0) is 20.2. The fourth-order valence-corrected chi connectivity index (χ4v) is 4.44. The molecule has 152 valence electrons. The Labute approximate surface area is 175 Å². The van der Waals surface area contributed by atoms with Crippen molar-refractivity contribution >= 4 is 28.7 Å². The lowest BCUT2D eigenvalue weighted by Crippen LogP contribution is -2.31. The van der Waals surface area contributed by atoms with Gasteiger partial charge in [0, 0.05) is 13.7 Å². The van der Waals surface area contributed by atoms with E-state index in [1.807, 2.05) is 18.2 Å². The van der Waals surface area contributed by atoms with E-state index in [4.69, 9.17) is 9.72 Å². The molecule has 0 bridgehead atoms. The highest BCUT2D eigenvalue weighted by atomic mass is 32.2. The predicted octanol–water partition coefficient (Wildman–Crippen LogP) is 4.35. The fraction of sp³-hybridized carbons (Fsp3) is 0.391. The third-order valence-electron chi connectivity index (χ3n) is 5.32. The van der Waals surface area contributed by atoms with Crippen LogP contribution in [0.5, 0.6) is 0 Å². The van der Waals surface area contributed by atoms with Gasteiger partial charge in [0.25, 0.3) is 0 Å². The second-order valence-electron chi connectivity index (χ2n) is 7.61. The van der Waals surface area contributed by atoms with Crippen molar-refractivity contribution in [2.24, 2.45) is 5.92 Å². The smallest absolute Gasteiger partial charge is 0.230 e. The van der Waals surface area contributed by atoms with Crippen LogP contribution in [0, 0.1) is 12.8 Å². The average Bonchev–Trinajstić information content (AvgIpc) is 3.51. The van der Waals surface area contributed by atoms with Crippen LogP contribution in [0.4, 0.5) is 0 Å². The Bertz CT molecular complexity index is 979. The monoisotopic (exact) mass is 409 g/mol. The van der Waals surface area contributed by atoms with Crippen LogP contribution in [0.2, 0.25) is 0 Å². The summed E-state index contributed by atoms with van der Waals surface area (Å²) in [6, 6.07) is 16.7. The van der Waals surface area contributed by atoms with Crippen molar-refractivity contribution in [2.45, 2.75) is 37.5 Å². The molecule has 1 N–H and O–H groups in total. The van der Waals surface area contributed by atoms with Gasteiger partial charge in [-0.15, -0.1) is 0 Å². The number of methoxy groups -OCH3 is 1. The number of nitrogens with one attached hydrogen (secondary N) is 1. The van der Waals surface area contributed by atoms with E-state index in [1.54, 1.807) is 7.11 Å². The van der Waals surface area contributed by atoms with Gasteiger partial charge in [0.05, 0.1) is 29.4 Å². The fourth-order valence-electron chi connectivity index (χ4n) is 3.58. The normalized spacial score (nSPS) is 14.8. The molecule has 2 aromatic carbocycles. The summed E-state index contributed by atoms with van der Waals surface area (Å²) in [6.45, 7) is 3.41. The highest BCUT2D eigenvalue weighted by Gasteiger charge is 2.33. The van der Waals surface area contributed by atoms with Crippen molar-refractivity contribution in [1.82, 2.24) is 14.9 Å². The van der Waals surface area contributed by atoms with Crippen molar-refractivity contribution in [1.29, 1.82) is 0 Å². The molecule has 29 heavy (non-hydrogen) atoms. The Morgan fingerprint density at radius 2 is 2.00 bits per heavy atom. The largest absolute Gasteiger partial charge is 0.383 e. The second-order valence-corrected chi connectivity index (χ2v) is 8.55. The third kappa shape index (κ3) is 4.82. The summed E-state index contributed by atoms with van der Waals surface area (Å²) in [7, 11) is 1.70. The zero-order valence-corrected chi connectivity index (χ0v) is 17.7. The van der Waals surface area contributed by atoms with Crippen molar-refractivity contribution in [3.05, 3.63) is 59.7 Å². The lowest BCUT2D eigenvalue weighted by atomic mass is 10.0. The summed E-state index contributed by atoms with van der Waals surface area (Å²) in [5.41, 5.74) is 4.45. The minimum Gasteiger partial charge on any atom is -0.383 e. The van der Waals surface area contributed by atoms with Crippen molar-refractivity contribution in [3.8, 4) is 0 Å². The lowest BCUT2D eigenvalue weighted by Gasteiger charge is -2.19. The summed E-state index contributed by atoms with van der Waals surface area (Å²) in [5, 5.41) is 4.12. The van der Waals surface area contributed by atoms with Gasteiger partial charge in [-0.3, -0.25) is 4.79 Å². The minimum absolute atomic E-state index is 0.0535. The summed E-state index contributed by atoms with van der Waals surface area (Å²) < 4.78 is 7.38. The van der Waals surface area contributed by atoms with Crippen LogP contribution in [-0.2, 0) is 16.1 Å². The number of amides is 1.